The number of nitrogens with zero attached hydrogens (tertiary/aromatic N) is 1. The van der Waals surface area contributed by atoms with E-state index in [1.165, 1.54) is 0 Å². The predicted octanol–water partition coefficient (Wildman–Crippen LogP) is 3.42. The fourth-order valence-corrected chi connectivity index (χ4v) is 1.05. The normalized spacial score (nSPS) is 10.8. The van der Waals surface area contributed by atoms with Gasteiger partial charge in [0.05, 0.1) is 21.6 Å². The first-order valence-electron chi connectivity index (χ1n) is 3.35. The standard InChI is InChI=1S/C8H8Cl2N2.ClH/c1-5(11)12-6-2-3-7(9)8(10)4-6;/h2-4H,1H3,(H2,11,12);1H. The van der Waals surface area contributed by atoms with Crippen LogP contribution >= 0.6 is 35.6 Å². The van der Waals surface area contributed by atoms with E-state index < -0.39 is 0 Å². The second kappa shape index (κ2) is 5.32. The minimum atomic E-state index is 0. The van der Waals surface area contributed by atoms with Gasteiger partial charge in [-0.05, 0) is 25.1 Å². The fraction of sp³-hybridized carbons (Fsp3) is 0.125. The third-order valence-electron chi connectivity index (χ3n) is 1.21. The van der Waals surface area contributed by atoms with Crippen LogP contribution in [0.1, 0.15) is 6.92 Å². The van der Waals surface area contributed by atoms with Crippen molar-refractivity contribution in [3.63, 3.8) is 0 Å². The summed E-state index contributed by atoms with van der Waals surface area (Å²) < 4.78 is 0. The molecule has 2 N–H and O–H groups in total. The third-order valence-corrected chi connectivity index (χ3v) is 1.95. The van der Waals surface area contributed by atoms with E-state index in [1.807, 2.05) is 0 Å². The minimum Gasteiger partial charge on any atom is -0.387 e. The molecule has 0 spiro atoms. The van der Waals surface area contributed by atoms with Crippen LogP contribution in [0.4, 0.5) is 5.69 Å². The zero-order valence-corrected chi connectivity index (χ0v) is 9.25. The number of hydrogen-bond donors (Lipinski definition) is 1. The van der Waals surface area contributed by atoms with Crippen LogP contribution in [0.25, 0.3) is 0 Å². The summed E-state index contributed by atoms with van der Waals surface area (Å²) in [7, 11) is 0. The second-order valence-corrected chi connectivity index (χ2v) is 3.17. The molecule has 0 bridgehead atoms. The van der Waals surface area contributed by atoms with Crippen molar-refractivity contribution in [1.29, 1.82) is 0 Å². The summed E-state index contributed by atoms with van der Waals surface area (Å²) in [5.74, 6) is 0.494. The molecule has 0 saturated heterocycles. The maximum Gasteiger partial charge on any atom is 0.0964 e. The molecule has 1 rings (SSSR count). The molecule has 1 aromatic carbocycles. The fourth-order valence-electron chi connectivity index (χ4n) is 0.758. The van der Waals surface area contributed by atoms with Gasteiger partial charge in [0.1, 0.15) is 0 Å². The summed E-state index contributed by atoms with van der Waals surface area (Å²) in [5.41, 5.74) is 6.10. The number of rotatable bonds is 1. The maximum absolute atomic E-state index is 5.76. The third kappa shape index (κ3) is 3.85. The van der Waals surface area contributed by atoms with Crippen LogP contribution < -0.4 is 5.73 Å². The van der Waals surface area contributed by atoms with Crippen LogP contribution in [-0.2, 0) is 0 Å². The molecule has 0 unspecified atom stereocenters. The van der Waals surface area contributed by atoms with Crippen LogP contribution in [0.5, 0.6) is 0 Å². The first kappa shape index (κ1) is 12.6. The summed E-state index contributed by atoms with van der Waals surface area (Å²) in [5, 5.41) is 1.00. The topological polar surface area (TPSA) is 38.4 Å². The highest BCUT2D eigenvalue weighted by Crippen LogP contribution is 2.26. The molecule has 0 saturated carbocycles. The lowest BCUT2D eigenvalue weighted by atomic mass is 10.3. The van der Waals surface area contributed by atoms with E-state index in [0.717, 1.165) is 0 Å². The summed E-state index contributed by atoms with van der Waals surface area (Å²) in [4.78, 5) is 4.01. The first-order chi connectivity index (χ1) is 5.59. The molecule has 0 aliphatic heterocycles. The van der Waals surface area contributed by atoms with E-state index in [9.17, 15) is 0 Å². The van der Waals surface area contributed by atoms with E-state index in [4.69, 9.17) is 28.9 Å². The highest BCUT2D eigenvalue weighted by atomic mass is 35.5. The van der Waals surface area contributed by atoms with Crippen LogP contribution in [0, 0.1) is 0 Å². The van der Waals surface area contributed by atoms with Gasteiger partial charge in [-0.3, -0.25) is 0 Å². The van der Waals surface area contributed by atoms with E-state index in [-0.39, 0.29) is 12.4 Å². The van der Waals surface area contributed by atoms with Crippen molar-refractivity contribution in [2.45, 2.75) is 6.92 Å². The largest absolute Gasteiger partial charge is 0.387 e. The molecule has 0 aliphatic carbocycles. The van der Waals surface area contributed by atoms with Gasteiger partial charge in [-0.25, -0.2) is 4.99 Å². The molecule has 0 amide bonds. The molecule has 1 aromatic rings. The molecule has 0 fully saturated rings. The minimum absolute atomic E-state index is 0. The van der Waals surface area contributed by atoms with E-state index >= 15 is 0 Å². The van der Waals surface area contributed by atoms with E-state index in [2.05, 4.69) is 4.99 Å². The number of halogens is 3. The number of nitrogens with two attached hydrogens (primary N) is 1. The van der Waals surface area contributed by atoms with Crippen molar-refractivity contribution in [2.75, 3.05) is 0 Å². The highest BCUT2D eigenvalue weighted by molar-refractivity contribution is 6.42. The van der Waals surface area contributed by atoms with Crippen molar-refractivity contribution in [3.05, 3.63) is 28.2 Å². The second-order valence-electron chi connectivity index (χ2n) is 2.35. The van der Waals surface area contributed by atoms with Gasteiger partial charge in [0, 0.05) is 0 Å². The molecule has 0 heterocycles. The van der Waals surface area contributed by atoms with Gasteiger partial charge in [0.25, 0.3) is 0 Å². The van der Waals surface area contributed by atoms with Gasteiger partial charge in [-0.1, -0.05) is 23.2 Å². The summed E-state index contributed by atoms with van der Waals surface area (Å²) in [6.07, 6.45) is 0. The summed E-state index contributed by atoms with van der Waals surface area (Å²) >= 11 is 11.5. The Morgan fingerprint density at radius 1 is 1.31 bits per heavy atom. The molecule has 5 heteroatoms. The Bertz CT molecular complexity index is 319. The Morgan fingerprint density at radius 2 is 1.92 bits per heavy atom. The molecular weight excluding hydrogens is 230 g/mol. The Hall–Kier alpha value is -0.440. The monoisotopic (exact) mass is 238 g/mol. The summed E-state index contributed by atoms with van der Waals surface area (Å²) in [6, 6.07) is 5.11. The van der Waals surface area contributed by atoms with Crippen LogP contribution in [0.3, 0.4) is 0 Å². The number of benzene rings is 1. The van der Waals surface area contributed by atoms with Crippen LogP contribution in [0.15, 0.2) is 23.2 Å². The van der Waals surface area contributed by atoms with Gasteiger partial charge in [-0.2, -0.15) is 0 Å². The summed E-state index contributed by atoms with van der Waals surface area (Å²) in [6.45, 7) is 1.71. The Labute approximate surface area is 93.2 Å². The van der Waals surface area contributed by atoms with Crippen molar-refractivity contribution >= 4 is 47.1 Å². The lowest BCUT2D eigenvalue weighted by Crippen LogP contribution is -2.03. The highest BCUT2D eigenvalue weighted by Gasteiger charge is 1.97. The molecule has 0 atom stereocenters. The van der Waals surface area contributed by atoms with Crippen molar-refractivity contribution in [3.8, 4) is 0 Å². The van der Waals surface area contributed by atoms with Gasteiger partial charge in [0.15, 0.2) is 0 Å². The van der Waals surface area contributed by atoms with Gasteiger partial charge in [-0.15, -0.1) is 12.4 Å². The Morgan fingerprint density at radius 3 is 2.38 bits per heavy atom. The van der Waals surface area contributed by atoms with Gasteiger partial charge in [0.2, 0.25) is 0 Å². The Kier molecular flexibility index (Phi) is 5.14. The average Bonchev–Trinajstić information content (AvgIpc) is 1.96. The zero-order chi connectivity index (χ0) is 9.14. The van der Waals surface area contributed by atoms with Crippen LogP contribution in [0.2, 0.25) is 10.0 Å². The number of aliphatic imine (C=N–C) groups is 1. The molecule has 72 valence electrons. The molecule has 2 nitrogen and oxygen atoms in total. The van der Waals surface area contributed by atoms with E-state index in [0.29, 0.717) is 21.6 Å². The Balaban J connectivity index is 0.00000144. The molecule has 0 aliphatic rings. The first-order valence-corrected chi connectivity index (χ1v) is 4.11. The molecular formula is C8H9Cl3N2. The zero-order valence-electron chi connectivity index (χ0n) is 6.92. The van der Waals surface area contributed by atoms with Gasteiger partial charge >= 0.3 is 0 Å². The average molecular weight is 240 g/mol. The van der Waals surface area contributed by atoms with Crippen LogP contribution in [-0.4, -0.2) is 5.84 Å². The van der Waals surface area contributed by atoms with Gasteiger partial charge < -0.3 is 5.73 Å². The quantitative estimate of drug-likeness (QED) is 0.592. The van der Waals surface area contributed by atoms with E-state index in [1.54, 1.807) is 25.1 Å². The van der Waals surface area contributed by atoms with Crippen molar-refractivity contribution < 1.29 is 0 Å². The lowest BCUT2D eigenvalue weighted by molar-refractivity contribution is 1.45. The maximum atomic E-state index is 5.76. The molecule has 13 heavy (non-hydrogen) atoms. The molecule has 0 radical (unpaired) electrons. The molecule has 0 aromatic heterocycles. The lowest BCUT2D eigenvalue weighted by Gasteiger charge is -1.97. The number of hydrogen-bond acceptors (Lipinski definition) is 1. The smallest absolute Gasteiger partial charge is 0.0964 e. The predicted molar refractivity (Wildman–Crippen MR) is 60.7 cm³/mol. The SMILES string of the molecule is CC(N)=Nc1ccc(Cl)c(Cl)c1.Cl. The van der Waals surface area contributed by atoms with Crippen molar-refractivity contribution in [2.24, 2.45) is 10.7 Å². The van der Waals surface area contributed by atoms with Crippen molar-refractivity contribution in [1.82, 2.24) is 0 Å². The number of amidine groups is 1.